The van der Waals surface area contributed by atoms with Crippen molar-refractivity contribution in [1.82, 2.24) is 4.98 Å². The third kappa shape index (κ3) is 5.04. The van der Waals surface area contributed by atoms with Gasteiger partial charge in [-0.1, -0.05) is 48.0 Å². The fourth-order valence-electron chi connectivity index (χ4n) is 4.86. The summed E-state index contributed by atoms with van der Waals surface area (Å²) in [4.78, 5) is 55.6. The molecule has 6 rings (SSSR count). The van der Waals surface area contributed by atoms with Crippen LogP contribution < -0.4 is 9.64 Å². The third-order valence-corrected chi connectivity index (χ3v) is 7.22. The number of carbonyl (C=O) groups excluding carboxylic acids is 3. The minimum atomic E-state index is -0.605. The number of hydrogen-bond donors (Lipinski definition) is 0. The maximum Gasteiger partial charge on any atom is 0.338 e. The molecule has 0 saturated heterocycles. The Hall–Kier alpha value is -5.61. The van der Waals surface area contributed by atoms with Crippen molar-refractivity contribution in [2.24, 2.45) is 0 Å². The molecule has 212 valence electrons. The second kappa shape index (κ2) is 11.0. The highest BCUT2D eigenvalue weighted by Crippen LogP contribution is 2.38. The van der Waals surface area contributed by atoms with Crippen LogP contribution in [0.15, 0.2) is 91.0 Å². The Kier molecular flexibility index (Phi) is 7.04. The summed E-state index contributed by atoms with van der Waals surface area (Å²) >= 11 is 6.08. The molecule has 1 aliphatic heterocycles. The highest BCUT2D eigenvalue weighted by Gasteiger charge is 2.40. The predicted molar refractivity (Wildman–Crippen MR) is 158 cm³/mol. The number of halogens is 1. The number of ether oxygens (including phenoxy) is 2. The van der Waals surface area contributed by atoms with Crippen molar-refractivity contribution in [3.8, 4) is 11.5 Å². The van der Waals surface area contributed by atoms with Crippen molar-refractivity contribution in [2.75, 3.05) is 4.90 Å². The van der Waals surface area contributed by atoms with E-state index in [1.54, 1.807) is 49.4 Å². The van der Waals surface area contributed by atoms with Crippen LogP contribution in [0.1, 0.15) is 42.3 Å². The van der Waals surface area contributed by atoms with Gasteiger partial charge < -0.3 is 9.47 Å². The number of aromatic nitrogens is 1. The lowest BCUT2D eigenvalue weighted by Gasteiger charge is -2.14. The SMILES string of the molecule is Cc1nc2ccccc2c2c1C(=O)N(c1ccc(C(=O)OCc3ccc(Oc4c(Cl)cccc4[N+](=O)[O-])cc3)cc1)C2=O. The first kappa shape index (κ1) is 27.6. The van der Waals surface area contributed by atoms with Crippen molar-refractivity contribution >= 4 is 51.7 Å². The zero-order valence-corrected chi connectivity index (χ0v) is 23.2. The van der Waals surface area contributed by atoms with E-state index in [0.717, 1.165) is 4.90 Å². The number of hydrogen-bond acceptors (Lipinski definition) is 8. The molecule has 0 atom stereocenters. The lowest BCUT2D eigenvalue weighted by Crippen LogP contribution is -2.29. The fourth-order valence-corrected chi connectivity index (χ4v) is 5.07. The summed E-state index contributed by atoms with van der Waals surface area (Å²) in [6.45, 7) is 1.65. The summed E-state index contributed by atoms with van der Waals surface area (Å²) < 4.78 is 11.0. The van der Waals surface area contributed by atoms with Gasteiger partial charge in [-0.2, -0.15) is 0 Å². The van der Waals surface area contributed by atoms with Gasteiger partial charge in [0.25, 0.3) is 11.8 Å². The molecule has 0 radical (unpaired) electrons. The molecule has 0 spiro atoms. The maximum atomic E-state index is 13.4. The number of nitro benzene ring substituents is 1. The first-order chi connectivity index (χ1) is 20.7. The number of nitro groups is 1. The molecule has 5 aromatic rings. The van der Waals surface area contributed by atoms with Gasteiger partial charge in [0.05, 0.1) is 43.5 Å². The van der Waals surface area contributed by atoms with E-state index >= 15 is 0 Å². The van der Waals surface area contributed by atoms with Crippen LogP contribution in [0, 0.1) is 17.0 Å². The smallest absolute Gasteiger partial charge is 0.338 e. The van der Waals surface area contributed by atoms with Crippen LogP contribution >= 0.6 is 11.6 Å². The number of fused-ring (bicyclic) bond motifs is 3. The Bertz CT molecular complexity index is 1960. The van der Waals surface area contributed by atoms with E-state index in [1.807, 2.05) is 6.07 Å². The van der Waals surface area contributed by atoms with Crippen LogP contribution in [0.2, 0.25) is 5.02 Å². The predicted octanol–water partition coefficient (Wildman–Crippen LogP) is 7.05. The quantitative estimate of drug-likeness (QED) is 0.0849. The summed E-state index contributed by atoms with van der Waals surface area (Å²) in [5.41, 5.74) is 2.63. The zero-order valence-electron chi connectivity index (χ0n) is 22.4. The number of pyridine rings is 1. The lowest BCUT2D eigenvalue weighted by atomic mass is 10.0. The minimum Gasteiger partial charge on any atom is -0.457 e. The Labute approximate surface area is 249 Å². The minimum absolute atomic E-state index is 0.0507. The molecule has 10 nitrogen and oxygen atoms in total. The standard InChI is InChI=1S/C32H20ClN3O7/c1-18-27-28(23-5-2-3-7-25(23)34-18)31(38)35(30(27)37)21-13-11-20(12-14-21)32(39)42-17-19-9-15-22(16-10-19)43-29-24(33)6-4-8-26(29)36(40)41/h2-16H,17H2,1H3. The molecule has 0 unspecified atom stereocenters. The number of carbonyl (C=O) groups is 3. The summed E-state index contributed by atoms with van der Waals surface area (Å²) in [5.74, 6) is -1.28. The van der Waals surface area contributed by atoms with E-state index in [4.69, 9.17) is 21.1 Å². The maximum absolute atomic E-state index is 13.4. The van der Waals surface area contributed by atoms with Crippen LogP contribution in [0.5, 0.6) is 11.5 Å². The number of esters is 1. The molecule has 2 heterocycles. The van der Waals surface area contributed by atoms with Gasteiger partial charge in [-0.3, -0.25) is 24.7 Å². The van der Waals surface area contributed by atoms with Crippen LogP contribution in [-0.4, -0.2) is 27.7 Å². The van der Waals surface area contributed by atoms with Crippen molar-refractivity contribution in [1.29, 1.82) is 0 Å². The number of aryl methyl sites for hydroxylation is 1. The topological polar surface area (TPSA) is 129 Å². The monoisotopic (exact) mass is 593 g/mol. The van der Waals surface area contributed by atoms with Crippen LogP contribution in [-0.2, 0) is 11.3 Å². The van der Waals surface area contributed by atoms with Gasteiger partial charge in [0, 0.05) is 11.5 Å². The number of rotatable bonds is 7. The van der Waals surface area contributed by atoms with Gasteiger partial charge in [-0.15, -0.1) is 0 Å². The van der Waals surface area contributed by atoms with Gasteiger partial charge in [0.1, 0.15) is 12.4 Å². The average molecular weight is 594 g/mol. The Balaban J connectivity index is 1.12. The molecule has 1 aliphatic rings. The largest absolute Gasteiger partial charge is 0.457 e. The second-order valence-corrected chi connectivity index (χ2v) is 10.0. The highest BCUT2D eigenvalue weighted by molar-refractivity contribution is 6.37. The number of nitrogens with zero attached hydrogens (tertiary/aromatic N) is 3. The number of amides is 2. The fraction of sp³-hybridized carbons (Fsp3) is 0.0625. The van der Waals surface area contributed by atoms with E-state index in [2.05, 4.69) is 4.98 Å². The van der Waals surface area contributed by atoms with Gasteiger partial charge in [0.2, 0.25) is 5.75 Å². The van der Waals surface area contributed by atoms with Gasteiger partial charge in [-0.05, 0) is 61.0 Å². The molecular weight excluding hydrogens is 574 g/mol. The average Bonchev–Trinajstić information content (AvgIpc) is 3.28. The Morgan fingerprint density at radius 2 is 1.60 bits per heavy atom. The number of benzene rings is 4. The van der Waals surface area contributed by atoms with Crippen molar-refractivity contribution in [3.05, 3.63) is 134 Å². The van der Waals surface area contributed by atoms with Crippen LogP contribution in [0.3, 0.4) is 0 Å². The highest BCUT2D eigenvalue weighted by atomic mass is 35.5. The molecular formula is C32H20ClN3O7. The van der Waals surface area contributed by atoms with E-state index in [1.165, 1.54) is 42.5 Å². The van der Waals surface area contributed by atoms with Crippen molar-refractivity contribution < 1.29 is 28.8 Å². The normalized spacial score (nSPS) is 12.4. The Morgan fingerprint density at radius 1 is 0.907 bits per heavy atom. The second-order valence-electron chi connectivity index (χ2n) is 9.62. The first-order valence-corrected chi connectivity index (χ1v) is 13.4. The molecule has 0 aliphatic carbocycles. The van der Waals surface area contributed by atoms with Gasteiger partial charge >= 0.3 is 11.7 Å². The molecule has 0 N–H and O–H groups in total. The Morgan fingerprint density at radius 3 is 2.33 bits per heavy atom. The summed E-state index contributed by atoms with van der Waals surface area (Å²) in [7, 11) is 0. The van der Waals surface area contributed by atoms with Crippen molar-refractivity contribution in [2.45, 2.75) is 13.5 Å². The van der Waals surface area contributed by atoms with Crippen LogP contribution in [0.4, 0.5) is 11.4 Å². The van der Waals surface area contributed by atoms with E-state index in [0.29, 0.717) is 39.2 Å². The molecule has 4 aromatic carbocycles. The molecule has 0 bridgehead atoms. The van der Waals surface area contributed by atoms with E-state index < -0.39 is 22.7 Å². The zero-order chi connectivity index (χ0) is 30.2. The summed E-state index contributed by atoms with van der Waals surface area (Å²) in [6, 6.07) is 23.9. The lowest BCUT2D eigenvalue weighted by molar-refractivity contribution is -0.385. The molecule has 0 saturated carbocycles. The summed E-state index contributed by atoms with van der Waals surface area (Å²) in [5, 5.41) is 12.0. The number of imide groups is 1. The molecule has 2 amide bonds. The summed E-state index contributed by atoms with van der Waals surface area (Å²) in [6.07, 6.45) is 0. The van der Waals surface area contributed by atoms with E-state index in [9.17, 15) is 24.5 Å². The number of anilines is 1. The molecule has 0 fully saturated rings. The molecule has 43 heavy (non-hydrogen) atoms. The van der Waals surface area contributed by atoms with E-state index in [-0.39, 0.29) is 34.2 Å². The third-order valence-electron chi connectivity index (χ3n) is 6.92. The number of para-hydroxylation sites is 2. The first-order valence-electron chi connectivity index (χ1n) is 13.0. The van der Waals surface area contributed by atoms with Crippen molar-refractivity contribution in [3.63, 3.8) is 0 Å². The molecule has 1 aromatic heterocycles. The van der Waals surface area contributed by atoms with Crippen LogP contribution in [0.25, 0.3) is 10.9 Å². The molecule has 11 heteroatoms. The van der Waals surface area contributed by atoms with Gasteiger partial charge in [-0.25, -0.2) is 9.69 Å². The van der Waals surface area contributed by atoms with Gasteiger partial charge in [0.15, 0.2) is 0 Å².